The molecule has 3 heteroatoms. The van der Waals surface area contributed by atoms with Crippen LogP contribution in [0.5, 0.6) is 0 Å². The highest BCUT2D eigenvalue weighted by atomic mass is 79.9. The van der Waals surface area contributed by atoms with Gasteiger partial charge in [-0.3, -0.25) is 0 Å². The third kappa shape index (κ3) is 2.54. The molecule has 2 aromatic rings. The minimum atomic E-state index is 0.293. The van der Waals surface area contributed by atoms with Crippen molar-refractivity contribution < 1.29 is 4.42 Å². The number of rotatable bonds is 4. The number of hydrogen-bond acceptors (Lipinski definition) is 2. The van der Waals surface area contributed by atoms with E-state index in [0.29, 0.717) is 12.5 Å². The molecule has 0 aliphatic heterocycles. The fourth-order valence-corrected chi connectivity index (χ4v) is 2.41. The molecule has 0 amide bonds. The van der Waals surface area contributed by atoms with Gasteiger partial charge < -0.3 is 10.2 Å². The fraction of sp³-hybridized carbons (Fsp3) is 0.231. The first-order chi connectivity index (χ1) is 7.81. The second-order valence-electron chi connectivity index (χ2n) is 3.74. The van der Waals surface area contributed by atoms with Gasteiger partial charge in [-0.2, -0.15) is 0 Å². The predicted octanol–water partition coefficient (Wildman–Crippen LogP) is 3.33. The van der Waals surface area contributed by atoms with Gasteiger partial charge in [-0.15, -0.1) is 0 Å². The minimum Gasteiger partial charge on any atom is -0.469 e. The lowest BCUT2D eigenvalue weighted by Crippen LogP contribution is -2.15. The smallest absolute Gasteiger partial charge is 0.104 e. The first-order valence-electron chi connectivity index (χ1n) is 5.28. The van der Waals surface area contributed by atoms with Gasteiger partial charge >= 0.3 is 0 Å². The van der Waals surface area contributed by atoms with Crippen LogP contribution in [0.25, 0.3) is 0 Å². The third-order valence-electron chi connectivity index (χ3n) is 2.66. The summed E-state index contributed by atoms with van der Waals surface area (Å²) in [5.41, 5.74) is 7.07. The van der Waals surface area contributed by atoms with E-state index in [1.54, 1.807) is 6.26 Å². The molecular formula is C13H14BrNO. The van der Waals surface area contributed by atoms with Crippen LogP contribution in [0.15, 0.2) is 51.6 Å². The zero-order chi connectivity index (χ0) is 11.4. The van der Waals surface area contributed by atoms with Crippen LogP contribution in [0.4, 0.5) is 0 Å². The summed E-state index contributed by atoms with van der Waals surface area (Å²) in [5, 5.41) is 0. The van der Waals surface area contributed by atoms with Crippen molar-refractivity contribution in [1.29, 1.82) is 0 Å². The van der Waals surface area contributed by atoms with E-state index in [2.05, 4.69) is 22.0 Å². The van der Waals surface area contributed by atoms with Crippen LogP contribution in [-0.2, 0) is 6.42 Å². The molecule has 0 fully saturated rings. The summed E-state index contributed by atoms with van der Waals surface area (Å²) >= 11 is 3.56. The van der Waals surface area contributed by atoms with Crippen LogP contribution in [0, 0.1) is 0 Å². The van der Waals surface area contributed by atoms with Crippen molar-refractivity contribution in [3.8, 4) is 0 Å². The molecule has 1 atom stereocenters. The Bertz CT molecular complexity index is 439. The monoisotopic (exact) mass is 279 g/mol. The average molecular weight is 280 g/mol. The van der Waals surface area contributed by atoms with Gasteiger partial charge in [0.05, 0.1) is 6.26 Å². The second-order valence-corrected chi connectivity index (χ2v) is 4.59. The summed E-state index contributed by atoms with van der Waals surface area (Å²) in [5.74, 6) is 1.27. The van der Waals surface area contributed by atoms with Gasteiger partial charge in [-0.1, -0.05) is 34.1 Å². The molecule has 0 saturated carbocycles. The quantitative estimate of drug-likeness (QED) is 0.933. The van der Waals surface area contributed by atoms with Gasteiger partial charge in [0.1, 0.15) is 5.76 Å². The van der Waals surface area contributed by atoms with Crippen molar-refractivity contribution in [2.24, 2.45) is 5.73 Å². The van der Waals surface area contributed by atoms with Crippen LogP contribution in [-0.4, -0.2) is 6.54 Å². The third-order valence-corrected chi connectivity index (χ3v) is 3.38. The summed E-state index contributed by atoms with van der Waals surface area (Å²) in [6.45, 7) is 0.614. The fourth-order valence-electron chi connectivity index (χ4n) is 1.80. The summed E-state index contributed by atoms with van der Waals surface area (Å²) in [4.78, 5) is 0. The maximum atomic E-state index is 5.83. The molecule has 0 saturated heterocycles. The van der Waals surface area contributed by atoms with Crippen molar-refractivity contribution in [3.63, 3.8) is 0 Å². The van der Waals surface area contributed by atoms with E-state index < -0.39 is 0 Å². The molecule has 1 unspecified atom stereocenters. The van der Waals surface area contributed by atoms with Gasteiger partial charge in [0, 0.05) is 16.8 Å². The van der Waals surface area contributed by atoms with Gasteiger partial charge in [-0.25, -0.2) is 0 Å². The van der Waals surface area contributed by atoms with Gasteiger partial charge in [-0.05, 0) is 30.3 Å². The molecule has 2 N–H and O–H groups in total. The standard InChI is InChI=1S/C13H14BrNO/c14-13-6-2-1-5-12(13)10(9-15)8-11-4-3-7-16-11/h1-7,10H,8-9,15H2. The van der Waals surface area contributed by atoms with Gasteiger partial charge in [0.25, 0.3) is 0 Å². The number of benzene rings is 1. The van der Waals surface area contributed by atoms with Gasteiger partial charge in [0.15, 0.2) is 0 Å². The van der Waals surface area contributed by atoms with E-state index in [-0.39, 0.29) is 0 Å². The molecule has 2 rings (SSSR count). The Morgan fingerprint density at radius 3 is 2.62 bits per heavy atom. The van der Waals surface area contributed by atoms with Crippen LogP contribution >= 0.6 is 15.9 Å². The Balaban J connectivity index is 2.20. The van der Waals surface area contributed by atoms with E-state index in [0.717, 1.165) is 16.7 Å². The van der Waals surface area contributed by atoms with Crippen molar-refractivity contribution in [1.82, 2.24) is 0 Å². The lowest BCUT2D eigenvalue weighted by Gasteiger charge is -2.15. The Morgan fingerprint density at radius 2 is 2.00 bits per heavy atom. The molecule has 0 bridgehead atoms. The van der Waals surface area contributed by atoms with E-state index >= 15 is 0 Å². The minimum absolute atomic E-state index is 0.293. The van der Waals surface area contributed by atoms with Crippen molar-refractivity contribution in [2.75, 3.05) is 6.54 Å². The largest absolute Gasteiger partial charge is 0.469 e. The number of hydrogen-bond donors (Lipinski definition) is 1. The van der Waals surface area contributed by atoms with Crippen LogP contribution < -0.4 is 5.73 Å². The SMILES string of the molecule is NCC(Cc1ccco1)c1ccccc1Br. The molecule has 0 spiro atoms. The molecular weight excluding hydrogens is 266 g/mol. The van der Waals surface area contributed by atoms with Crippen LogP contribution in [0.2, 0.25) is 0 Å². The van der Waals surface area contributed by atoms with Crippen molar-refractivity contribution in [3.05, 3.63) is 58.5 Å². The van der Waals surface area contributed by atoms with E-state index in [4.69, 9.17) is 10.2 Å². The topological polar surface area (TPSA) is 39.2 Å². The normalized spacial score (nSPS) is 12.6. The van der Waals surface area contributed by atoms with Crippen LogP contribution in [0.3, 0.4) is 0 Å². The molecule has 84 valence electrons. The van der Waals surface area contributed by atoms with Crippen molar-refractivity contribution >= 4 is 15.9 Å². The van der Waals surface area contributed by atoms with E-state index in [9.17, 15) is 0 Å². The molecule has 0 radical (unpaired) electrons. The van der Waals surface area contributed by atoms with E-state index in [1.807, 2.05) is 30.3 Å². The lowest BCUT2D eigenvalue weighted by atomic mass is 9.95. The second kappa shape index (κ2) is 5.32. The molecule has 1 aromatic heterocycles. The maximum Gasteiger partial charge on any atom is 0.104 e. The summed E-state index contributed by atoms with van der Waals surface area (Å²) in [6, 6.07) is 12.1. The molecule has 1 aromatic carbocycles. The highest BCUT2D eigenvalue weighted by Gasteiger charge is 2.14. The molecule has 16 heavy (non-hydrogen) atoms. The van der Waals surface area contributed by atoms with Crippen molar-refractivity contribution in [2.45, 2.75) is 12.3 Å². The van der Waals surface area contributed by atoms with E-state index in [1.165, 1.54) is 5.56 Å². The predicted molar refractivity (Wildman–Crippen MR) is 68.3 cm³/mol. The Hall–Kier alpha value is -1.06. The molecule has 2 nitrogen and oxygen atoms in total. The first-order valence-corrected chi connectivity index (χ1v) is 6.07. The highest BCUT2D eigenvalue weighted by molar-refractivity contribution is 9.10. The number of furan rings is 1. The first kappa shape index (κ1) is 11.4. The zero-order valence-electron chi connectivity index (χ0n) is 8.90. The molecule has 0 aliphatic carbocycles. The highest BCUT2D eigenvalue weighted by Crippen LogP contribution is 2.27. The zero-order valence-corrected chi connectivity index (χ0v) is 10.5. The lowest BCUT2D eigenvalue weighted by molar-refractivity contribution is 0.486. The molecule has 0 aliphatic rings. The molecule has 1 heterocycles. The Kier molecular flexibility index (Phi) is 3.80. The summed E-state index contributed by atoms with van der Waals surface area (Å²) in [6.07, 6.45) is 2.54. The summed E-state index contributed by atoms with van der Waals surface area (Å²) < 4.78 is 6.46. The maximum absolute atomic E-state index is 5.83. The Morgan fingerprint density at radius 1 is 1.19 bits per heavy atom. The Labute approximate surface area is 104 Å². The van der Waals surface area contributed by atoms with Crippen LogP contribution in [0.1, 0.15) is 17.2 Å². The van der Waals surface area contributed by atoms with Gasteiger partial charge in [0.2, 0.25) is 0 Å². The average Bonchev–Trinajstić information content (AvgIpc) is 2.80. The number of halogens is 1. The summed E-state index contributed by atoms with van der Waals surface area (Å²) in [7, 11) is 0. The number of nitrogens with two attached hydrogens (primary N) is 1.